The van der Waals surface area contributed by atoms with Crippen LogP contribution in [0.5, 0.6) is 0 Å². The van der Waals surface area contributed by atoms with Crippen LogP contribution in [0.15, 0.2) is 52.8 Å². The minimum atomic E-state index is 0.760. The van der Waals surface area contributed by atoms with E-state index in [0.29, 0.717) is 0 Å². The van der Waals surface area contributed by atoms with Gasteiger partial charge >= 0.3 is 0 Å². The molecule has 0 fully saturated rings. The van der Waals surface area contributed by atoms with Crippen LogP contribution < -0.4 is 0 Å². The van der Waals surface area contributed by atoms with Crippen molar-refractivity contribution >= 4 is 29.0 Å². The highest BCUT2D eigenvalue weighted by Gasteiger charge is 2.11. The second-order valence-electron chi connectivity index (χ2n) is 5.86. The molecule has 0 radical (unpaired) electrons. The minimum Gasteiger partial charge on any atom is -0.291 e. The van der Waals surface area contributed by atoms with Crippen LogP contribution in [-0.2, 0) is 6.42 Å². The number of benzene rings is 1. The fourth-order valence-electron chi connectivity index (χ4n) is 2.74. The van der Waals surface area contributed by atoms with Gasteiger partial charge in [0.15, 0.2) is 5.65 Å². The average Bonchev–Trinajstić information content (AvgIpc) is 3.08. The summed E-state index contributed by atoms with van der Waals surface area (Å²) in [4.78, 5) is 10.2. The quantitative estimate of drug-likeness (QED) is 0.459. The summed E-state index contributed by atoms with van der Waals surface area (Å²) in [6.45, 7) is 2.24. The first-order valence-electron chi connectivity index (χ1n) is 8.53. The number of hydrogen-bond donors (Lipinski definition) is 0. The molecule has 0 aliphatic heterocycles. The van der Waals surface area contributed by atoms with Crippen LogP contribution in [0.1, 0.15) is 44.7 Å². The number of rotatable bonds is 8. The summed E-state index contributed by atoms with van der Waals surface area (Å²) in [6, 6.07) is 7.88. The molecule has 0 spiro atoms. The Morgan fingerprint density at radius 3 is 2.75 bits per heavy atom. The van der Waals surface area contributed by atoms with Gasteiger partial charge in [0.05, 0.1) is 16.9 Å². The molecule has 0 N–H and O–H groups in total. The van der Waals surface area contributed by atoms with Gasteiger partial charge in [0, 0.05) is 17.3 Å². The van der Waals surface area contributed by atoms with E-state index in [4.69, 9.17) is 11.6 Å². The Kier molecular flexibility index (Phi) is 6.16. The molecule has 24 heavy (non-hydrogen) atoms. The molecule has 3 nitrogen and oxygen atoms in total. The monoisotopic (exact) mass is 359 g/mol. The molecule has 0 amide bonds. The maximum atomic E-state index is 6.27. The standard InChI is InChI=1S/C19H22ClN3S/c1-2-3-4-5-6-10-16-19-21-12-13-23(19)18(14-22-16)24-17-11-8-7-9-15(17)20/h7-9,11-14H,2-6,10H2,1H3. The van der Waals surface area contributed by atoms with E-state index >= 15 is 0 Å². The van der Waals surface area contributed by atoms with Crippen molar-refractivity contribution in [3.05, 3.63) is 53.6 Å². The lowest BCUT2D eigenvalue weighted by Crippen LogP contribution is -1.99. The SMILES string of the molecule is CCCCCCCc1ncc(Sc2ccccc2Cl)n2ccnc12. The highest BCUT2D eigenvalue weighted by molar-refractivity contribution is 7.99. The Labute approximate surface area is 152 Å². The molecule has 3 aromatic rings. The molecule has 0 bridgehead atoms. The second kappa shape index (κ2) is 8.54. The molecule has 5 heteroatoms. The second-order valence-corrected chi connectivity index (χ2v) is 7.33. The van der Waals surface area contributed by atoms with Crippen LogP contribution >= 0.6 is 23.4 Å². The van der Waals surface area contributed by atoms with Gasteiger partial charge in [0.2, 0.25) is 0 Å². The minimum absolute atomic E-state index is 0.760. The van der Waals surface area contributed by atoms with Crippen molar-refractivity contribution in [1.29, 1.82) is 0 Å². The van der Waals surface area contributed by atoms with Crippen LogP contribution in [0, 0.1) is 0 Å². The van der Waals surface area contributed by atoms with E-state index in [9.17, 15) is 0 Å². The van der Waals surface area contributed by atoms with Gasteiger partial charge in [-0.25, -0.2) is 4.98 Å². The number of aromatic nitrogens is 3. The number of nitrogens with zero attached hydrogens (tertiary/aromatic N) is 3. The summed E-state index contributed by atoms with van der Waals surface area (Å²) < 4.78 is 2.11. The molecule has 0 saturated carbocycles. The number of halogens is 1. The molecule has 0 aliphatic rings. The highest BCUT2D eigenvalue weighted by atomic mass is 35.5. The smallest absolute Gasteiger partial charge is 0.159 e. The summed E-state index contributed by atoms with van der Waals surface area (Å²) in [6.07, 6.45) is 13.1. The molecule has 0 saturated heterocycles. The molecule has 2 heterocycles. The molecular formula is C19H22ClN3S. The average molecular weight is 360 g/mol. The van der Waals surface area contributed by atoms with Gasteiger partial charge in [0.1, 0.15) is 5.03 Å². The predicted molar refractivity (Wildman–Crippen MR) is 101 cm³/mol. The summed E-state index contributed by atoms with van der Waals surface area (Å²) >= 11 is 7.90. The Morgan fingerprint density at radius 1 is 1.08 bits per heavy atom. The first kappa shape index (κ1) is 17.3. The van der Waals surface area contributed by atoms with Gasteiger partial charge in [0.25, 0.3) is 0 Å². The number of imidazole rings is 1. The Morgan fingerprint density at radius 2 is 1.92 bits per heavy atom. The van der Waals surface area contributed by atoms with Crippen molar-refractivity contribution in [2.24, 2.45) is 0 Å². The molecular weight excluding hydrogens is 338 g/mol. The molecule has 3 rings (SSSR count). The van der Waals surface area contributed by atoms with Crippen LogP contribution in [-0.4, -0.2) is 14.4 Å². The van der Waals surface area contributed by atoms with E-state index in [1.54, 1.807) is 11.8 Å². The van der Waals surface area contributed by atoms with E-state index < -0.39 is 0 Å². The van der Waals surface area contributed by atoms with Gasteiger partial charge in [-0.3, -0.25) is 9.38 Å². The van der Waals surface area contributed by atoms with E-state index in [-0.39, 0.29) is 0 Å². The lowest BCUT2D eigenvalue weighted by molar-refractivity contribution is 0.627. The fraction of sp³-hybridized carbons (Fsp3) is 0.368. The summed E-state index contributed by atoms with van der Waals surface area (Å²) in [7, 11) is 0. The maximum Gasteiger partial charge on any atom is 0.159 e. The molecule has 1 aromatic carbocycles. The topological polar surface area (TPSA) is 30.2 Å². The number of unbranched alkanes of at least 4 members (excludes halogenated alkanes) is 4. The third-order valence-electron chi connectivity index (χ3n) is 4.04. The highest BCUT2D eigenvalue weighted by Crippen LogP contribution is 2.33. The zero-order valence-corrected chi connectivity index (χ0v) is 15.5. The van der Waals surface area contributed by atoms with E-state index in [1.807, 2.05) is 42.9 Å². The Balaban J connectivity index is 1.76. The van der Waals surface area contributed by atoms with Crippen LogP contribution in [0.3, 0.4) is 0 Å². The van der Waals surface area contributed by atoms with Crippen molar-refractivity contribution in [2.45, 2.75) is 55.4 Å². The zero-order chi connectivity index (χ0) is 16.8. The number of hydrogen-bond acceptors (Lipinski definition) is 3. The van der Waals surface area contributed by atoms with Crippen molar-refractivity contribution in [2.75, 3.05) is 0 Å². The number of aryl methyl sites for hydroxylation is 1. The van der Waals surface area contributed by atoms with Gasteiger partial charge in [-0.2, -0.15) is 0 Å². The van der Waals surface area contributed by atoms with Crippen molar-refractivity contribution < 1.29 is 0 Å². The lowest BCUT2D eigenvalue weighted by atomic mass is 10.1. The Hall–Kier alpha value is -1.52. The molecule has 0 aliphatic carbocycles. The molecule has 0 unspecified atom stereocenters. The normalized spacial score (nSPS) is 11.2. The first-order valence-corrected chi connectivity index (χ1v) is 9.72. The van der Waals surface area contributed by atoms with Gasteiger partial charge < -0.3 is 0 Å². The fourth-order valence-corrected chi connectivity index (χ4v) is 3.88. The predicted octanol–water partition coefficient (Wildman–Crippen LogP) is 6.05. The van der Waals surface area contributed by atoms with Crippen molar-refractivity contribution in [3.8, 4) is 0 Å². The van der Waals surface area contributed by atoms with Crippen molar-refractivity contribution in [1.82, 2.24) is 14.4 Å². The van der Waals surface area contributed by atoms with Crippen LogP contribution in [0.2, 0.25) is 5.02 Å². The summed E-state index contributed by atoms with van der Waals surface area (Å²) in [5.74, 6) is 0. The van der Waals surface area contributed by atoms with Crippen LogP contribution in [0.25, 0.3) is 5.65 Å². The maximum absolute atomic E-state index is 6.27. The number of fused-ring (bicyclic) bond motifs is 1. The Bertz CT molecular complexity index is 800. The molecule has 126 valence electrons. The molecule has 2 aromatic heterocycles. The van der Waals surface area contributed by atoms with E-state index in [0.717, 1.165) is 32.7 Å². The zero-order valence-electron chi connectivity index (χ0n) is 13.9. The van der Waals surface area contributed by atoms with Crippen molar-refractivity contribution in [3.63, 3.8) is 0 Å². The van der Waals surface area contributed by atoms with Gasteiger partial charge in [-0.15, -0.1) is 0 Å². The van der Waals surface area contributed by atoms with Gasteiger partial charge in [-0.05, 0) is 25.0 Å². The van der Waals surface area contributed by atoms with Crippen LogP contribution in [0.4, 0.5) is 0 Å². The van der Waals surface area contributed by atoms with E-state index in [2.05, 4.69) is 21.3 Å². The molecule has 0 atom stereocenters. The lowest BCUT2D eigenvalue weighted by Gasteiger charge is -2.09. The van der Waals surface area contributed by atoms with E-state index in [1.165, 1.54) is 32.1 Å². The largest absolute Gasteiger partial charge is 0.291 e. The summed E-state index contributed by atoms with van der Waals surface area (Å²) in [5.41, 5.74) is 2.04. The van der Waals surface area contributed by atoms with Gasteiger partial charge in [-0.1, -0.05) is 68.1 Å². The first-order chi connectivity index (χ1) is 11.8. The summed E-state index contributed by atoms with van der Waals surface area (Å²) in [5, 5.41) is 1.79. The third kappa shape index (κ3) is 4.11. The third-order valence-corrected chi connectivity index (χ3v) is 5.56.